The van der Waals surface area contributed by atoms with E-state index in [1.54, 1.807) is 27.7 Å². The van der Waals surface area contributed by atoms with Crippen molar-refractivity contribution in [3.05, 3.63) is 89.5 Å². The van der Waals surface area contributed by atoms with Gasteiger partial charge in [0.1, 0.15) is 0 Å². The van der Waals surface area contributed by atoms with E-state index in [9.17, 15) is 20.4 Å². The van der Waals surface area contributed by atoms with Crippen LogP contribution in [0.3, 0.4) is 0 Å². The highest BCUT2D eigenvalue weighted by molar-refractivity contribution is 5.56. The standard InChI is InChI=1S/C45H71N3O8/c1-31(49)27-53-35(5)23-47(24-36(6)54-28-32(2)50)43-19-13-40(14-20-43)45(39-11-17-42(18-12-39)46(9)10)41-15-21-44(22-16-41)48(25-37(7)55-29-33(3)51)26-38(8)56-30-34(4)52/h11-22,31-38,45,49-52H,23-30H2,1-10H3. The molecular formula is C45H71N3O8. The molecule has 0 radical (unpaired) electrons. The van der Waals surface area contributed by atoms with Crippen LogP contribution in [0.2, 0.25) is 0 Å². The highest BCUT2D eigenvalue weighted by atomic mass is 16.5. The zero-order valence-electron chi connectivity index (χ0n) is 35.5. The lowest BCUT2D eigenvalue weighted by Gasteiger charge is -2.32. The van der Waals surface area contributed by atoms with E-state index in [4.69, 9.17) is 18.9 Å². The summed E-state index contributed by atoms with van der Waals surface area (Å²) in [6.07, 6.45) is -2.70. The van der Waals surface area contributed by atoms with Crippen LogP contribution in [0.1, 0.15) is 78.0 Å². The van der Waals surface area contributed by atoms with Crippen molar-refractivity contribution in [3.63, 3.8) is 0 Å². The van der Waals surface area contributed by atoms with Gasteiger partial charge in [-0.3, -0.25) is 0 Å². The van der Waals surface area contributed by atoms with E-state index in [2.05, 4.69) is 87.5 Å². The second-order valence-electron chi connectivity index (χ2n) is 15.9. The fourth-order valence-corrected chi connectivity index (χ4v) is 6.53. The van der Waals surface area contributed by atoms with Crippen LogP contribution in [0.4, 0.5) is 17.1 Å². The number of rotatable bonds is 26. The molecule has 0 aromatic heterocycles. The predicted octanol–water partition coefficient (Wildman–Crippen LogP) is 5.69. The summed E-state index contributed by atoms with van der Waals surface area (Å²) >= 11 is 0. The van der Waals surface area contributed by atoms with Crippen LogP contribution in [0.5, 0.6) is 0 Å². The molecule has 8 unspecified atom stereocenters. The summed E-state index contributed by atoms with van der Waals surface area (Å²) in [6.45, 7) is 18.4. The Kier molecular flexibility index (Phi) is 20.1. The summed E-state index contributed by atoms with van der Waals surface area (Å²) in [5.74, 6) is -0.0422. The molecule has 11 nitrogen and oxygen atoms in total. The summed E-state index contributed by atoms with van der Waals surface area (Å²) in [7, 11) is 4.08. The van der Waals surface area contributed by atoms with Crippen LogP contribution < -0.4 is 14.7 Å². The maximum absolute atomic E-state index is 9.80. The first kappa shape index (κ1) is 47.1. The average molecular weight is 782 g/mol. The van der Waals surface area contributed by atoms with Gasteiger partial charge in [-0.25, -0.2) is 0 Å². The number of benzene rings is 3. The van der Waals surface area contributed by atoms with Crippen LogP contribution in [0, 0.1) is 0 Å². The van der Waals surface area contributed by atoms with Gasteiger partial charge in [-0.1, -0.05) is 36.4 Å². The number of aliphatic hydroxyl groups excluding tert-OH is 4. The van der Waals surface area contributed by atoms with E-state index in [1.165, 1.54) is 5.56 Å². The van der Waals surface area contributed by atoms with Crippen molar-refractivity contribution < 1.29 is 39.4 Å². The van der Waals surface area contributed by atoms with Gasteiger partial charge >= 0.3 is 0 Å². The van der Waals surface area contributed by atoms with Crippen molar-refractivity contribution >= 4 is 17.1 Å². The molecule has 8 atom stereocenters. The van der Waals surface area contributed by atoms with Gasteiger partial charge in [-0.2, -0.15) is 0 Å². The molecule has 314 valence electrons. The lowest BCUT2D eigenvalue weighted by atomic mass is 9.85. The second kappa shape index (κ2) is 23.8. The first-order chi connectivity index (χ1) is 26.5. The fraction of sp³-hybridized carbons (Fsp3) is 0.600. The van der Waals surface area contributed by atoms with Gasteiger partial charge in [-0.15, -0.1) is 0 Å². The number of hydrogen-bond acceptors (Lipinski definition) is 11. The molecule has 56 heavy (non-hydrogen) atoms. The zero-order valence-corrected chi connectivity index (χ0v) is 35.5. The molecule has 0 aliphatic carbocycles. The molecule has 3 aromatic rings. The second-order valence-corrected chi connectivity index (χ2v) is 15.9. The fourth-order valence-electron chi connectivity index (χ4n) is 6.53. The van der Waals surface area contributed by atoms with E-state index < -0.39 is 24.4 Å². The quantitative estimate of drug-likeness (QED) is 0.0751. The summed E-state index contributed by atoms with van der Waals surface area (Å²) in [4.78, 5) is 6.58. The molecule has 0 aliphatic rings. The normalized spacial score (nSPS) is 16.6. The molecule has 0 bridgehead atoms. The van der Waals surface area contributed by atoms with Crippen LogP contribution >= 0.6 is 0 Å². The lowest BCUT2D eigenvalue weighted by molar-refractivity contribution is 0.0000397. The molecule has 11 heteroatoms. The highest BCUT2D eigenvalue weighted by Gasteiger charge is 2.22. The van der Waals surface area contributed by atoms with E-state index in [-0.39, 0.29) is 56.8 Å². The zero-order chi connectivity index (χ0) is 41.4. The van der Waals surface area contributed by atoms with Gasteiger partial charge in [0.05, 0.1) is 75.3 Å². The Morgan fingerprint density at radius 1 is 0.393 bits per heavy atom. The smallest absolute Gasteiger partial charge is 0.0745 e. The summed E-state index contributed by atoms with van der Waals surface area (Å²) < 4.78 is 23.7. The van der Waals surface area contributed by atoms with Gasteiger partial charge in [0.2, 0.25) is 0 Å². The average Bonchev–Trinajstić information content (AvgIpc) is 3.15. The molecule has 4 N–H and O–H groups in total. The molecular weight excluding hydrogens is 711 g/mol. The monoisotopic (exact) mass is 782 g/mol. The minimum absolute atomic E-state index is 0.0422. The van der Waals surface area contributed by atoms with Gasteiger partial charge < -0.3 is 54.1 Å². The maximum Gasteiger partial charge on any atom is 0.0745 e. The van der Waals surface area contributed by atoms with Gasteiger partial charge in [0.15, 0.2) is 0 Å². The van der Waals surface area contributed by atoms with Gasteiger partial charge in [-0.05, 0) is 108 Å². The van der Waals surface area contributed by atoms with Crippen LogP contribution in [-0.4, -0.2) is 136 Å². The van der Waals surface area contributed by atoms with E-state index in [1.807, 2.05) is 41.8 Å². The Hall–Kier alpha value is -3.26. The minimum atomic E-state index is -0.545. The van der Waals surface area contributed by atoms with Crippen molar-refractivity contribution in [1.82, 2.24) is 0 Å². The third-order valence-corrected chi connectivity index (χ3v) is 9.32. The summed E-state index contributed by atoms with van der Waals surface area (Å²) in [6, 6.07) is 26.1. The third-order valence-electron chi connectivity index (χ3n) is 9.32. The Labute approximate surface area is 336 Å². The van der Waals surface area contributed by atoms with Crippen molar-refractivity contribution in [2.45, 2.75) is 110 Å². The topological polar surface area (TPSA) is 128 Å². The predicted molar refractivity (Wildman–Crippen MR) is 227 cm³/mol. The molecule has 3 aromatic carbocycles. The molecule has 3 rings (SSSR count). The Bertz CT molecular complexity index is 1360. The largest absolute Gasteiger partial charge is 0.391 e. The van der Waals surface area contributed by atoms with Gasteiger partial charge in [0, 0.05) is 63.3 Å². The van der Waals surface area contributed by atoms with Crippen molar-refractivity contribution in [1.29, 1.82) is 0 Å². The van der Waals surface area contributed by atoms with Crippen molar-refractivity contribution in [2.24, 2.45) is 0 Å². The molecule has 0 amide bonds. The van der Waals surface area contributed by atoms with E-state index >= 15 is 0 Å². The number of aliphatic hydroxyl groups is 4. The Balaban J connectivity index is 1.98. The van der Waals surface area contributed by atoms with Crippen LogP contribution in [0.25, 0.3) is 0 Å². The van der Waals surface area contributed by atoms with E-state index in [0.29, 0.717) is 26.2 Å². The van der Waals surface area contributed by atoms with Crippen LogP contribution in [0.15, 0.2) is 72.8 Å². The number of ether oxygens (including phenoxy) is 4. The molecule has 0 heterocycles. The first-order valence-corrected chi connectivity index (χ1v) is 20.2. The van der Waals surface area contributed by atoms with E-state index in [0.717, 1.165) is 28.2 Å². The molecule has 0 aliphatic heterocycles. The maximum atomic E-state index is 9.80. The summed E-state index contributed by atoms with van der Waals surface area (Å²) in [5, 5.41) is 39.2. The first-order valence-electron chi connectivity index (χ1n) is 20.2. The lowest BCUT2D eigenvalue weighted by Crippen LogP contribution is -2.39. The SMILES string of the molecule is CC(O)COC(C)CN(CC(C)OCC(C)O)c1ccc(C(c2ccc(N(C)C)cc2)c2ccc(N(CC(C)OCC(C)O)CC(C)OCC(C)O)cc2)cc1. The highest BCUT2D eigenvalue weighted by Crippen LogP contribution is 2.35. The van der Waals surface area contributed by atoms with Crippen molar-refractivity contribution in [3.8, 4) is 0 Å². The van der Waals surface area contributed by atoms with Gasteiger partial charge in [0.25, 0.3) is 0 Å². The summed E-state index contributed by atoms with van der Waals surface area (Å²) in [5.41, 5.74) is 6.65. The molecule has 0 saturated heterocycles. The minimum Gasteiger partial charge on any atom is -0.391 e. The molecule has 0 spiro atoms. The third kappa shape index (κ3) is 16.7. The number of anilines is 3. The molecule has 0 saturated carbocycles. The Morgan fingerprint density at radius 2 is 0.625 bits per heavy atom. The van der Waals surface area contributed by atoms with Crippen LogP contribution in [-0.2, 0) is 18.9 Å². The Morgan fingerprint density at radius 3 is 0.839 bits per heavy atom. The molecule has 0 fully saturated rings. The number of nitrogens with zero attached hydrogens (tertiary/aromatic N) is 3. The van der Waals surface area contributed by atoms with Crippen molar-refractivity contribution in [2.75, 3.05) is 81.4 Å². The number of hydrogen-bond donors (Lipinski definition) is 4.